The van der Waals surface area contributed by atoms with Crippen molar-refractivity contribution in [3.05, 3.63) is 120 Å². The van der Waals surface area contributed by atoms with Gasteiger partial charge >= 0.3 is 0 Å². The van der Waals surface area contributed by atoms with Crippen LogP contribution in [0, 0.1) is 13.8 Å². The second-order valence-corrected chi connectivity index (χ2v) is 16.1. The summed E-state index contributed by atoms with van der Waals surface area (Å²) in [6.07, 6.45) is 0. The quantitative estimate of drug-likeness (QED) is 0.178. The van der Waals surface area contributed by atoms with Crippen LogP contribution in [0.25, 0.3) is 92.2 Å². The molecule has 44 heavy (non-hydrogen) atoms. The van der Waals surface area contributed by atoms with Gasteiger partial charge in [-0.05, 0) is 83.3 Å². The first kappa shape index (κ1) is 25.3. The van der Waals surface area contributed by atoms with Crippen LogP contribution in [-0.4, -0.2) is 0 Å². The summed E-state index contributed by atoms with van der Waals surface area (Å²) in [4.78, 5) is 0. The summed E-state index contributed by atoms with van der Waals surface area (Å²) < 4.78 is 11.2. The lowest BCUT2D eigenvalue weighted by Crippen LogP contribution is -1.77. The Balaban J connectivity index is 1.11. The van der Waals surface area contributed by atoms with Crippen molar-refractivity contribution in [2.45, 2.75) is 13.8 Å². The van der Waals surface area contributed by atoms with Crippen LogP contribution in [0.4, 0.5) is 0 Å². The van der Waals surface area contributed by atoms with Gasteiger partial charge in [-0.3, -0.25) is 0 Å². The van der Waals surface area contributed by atoms with Crippen LogP contribution in [0.3, 0.4) is 0 Å². The molecule has 0 unspecified atom stereocenters. The first-order valence-electron chi connectivity index (χ1n) is 14.8. The van der Waals surface area contributed by atoms with E-state index in [4.69, 9.17) is 0 Å². The number of rotatable bonds is 2. The smallest absolute Gasteiger partial charge is 0.0542 e. The molecular formula is C40H24S4. The maximum atomic E-state index is 2.44. The Morgan fingerprint density at radius 3 is 1.07 bits per heavy atom. The molecule has 4 heteroatoms. The molecule has 0 radical (unpaired) electrons. The van der Waals surface area contributed by atoms with Crippen LogP contribution >= 0.6 is 45.3 Å². The SMILES string of the molecule is Cc1ccc(-c2ccc3c(c2)sc2c4cc5cc6sc7c8ccc(-c9ccc(C)cc9)cc8sc7c6cc5cc4sc32)cc1. The molecule has 0 amide bonds. The van der Waals surface area contributed by atoms with Crippen LogP contribution in [-0.2, 0) is 0 Å². The van der Waals surface area contributed by atoms with E-state index in [2.05, 4.69) is 123 Å². The molecule has 0 bridgehead atoms. The molecule has 0 saturated carbocycles. The summed E-state index contributed by atoms with van der Waals surface area (Å²) in [6.45, 7) is 4.29. The fourth-order valence-corrected chi connectivity index (χ4v) is 12.0. The molecule has 0 saturated heterocycles. The number of hydrogen-bond donors (Lipinski definition) is 0. The van der Waals surface area contributed by atoms with Crippen molar-refractivity contribution >= 4 is 115 Å². The zero-order valence-corrected chi connectivity index (χ0v) is 27.3. The Morgan fingerprint density at radius 1 is 0.318 bits per heavy atom. The van der Waals surface area contributed by atoms with E-state index < -0.39 is 0 Å². The van der Waals surface area contributed by atoms with Gasteiger partial charge in [0.25, 0.3) is 0 Å². The molecule has 10 rings (SSSR count). The van der Waals surface area contributed by atoms with Crippen molar-refractivity contribution in [3.63, 3.8) is 0 Å². The molecule has 6 aromatic carbocycles. The van der Waals surface area contributed by atoms with Crippen LogP contribution in [0.1, 0.15) is 11.1 Å². The van der Waals surface area contributed by atoms with Crippen molar-refractivity contribution < 1.29 is 0 Å². The molecule has 4 aromatic heterocycles. The second-order valence-electron chi connectivity index (χ2n) is 11.9. The van der Waals surface area contributed by atoms with Crippen molar-refractivity contribution in [1.82, 2.24) is 0 Å². The Bertz CT molecular complexity index is 2570. The summed E-state index contributed by atoms with van der Waals surface area (Å²) in [6, 6.07) is 41.5. The Labute approximate surface area is 270 Å². The molecular weight excluding hydrogens is 609 g/mol. The van der Waals surface area contributed by atoms with E-state index in [1.54, 1.807) is 0 Å². The number of benzene rings is 6. The van der Waals surface area contributed by atoms with E-state index in [0.29, 0.717) is 0 Å². The monoisotopic (exact) mass is 632 g/mol. The third-order valence-electron chi connectivity index (χ3n) is 9.01. The van der Waals surface area contributed by atoms with Crippen LogP contribution in [0.5, 0.6) is 0 Å². The van der Waals surface area contributed by atoms with Crippen molar-refractivity contribution in [1.29, 1.82) is 0 Å². The van der Waals surface area contributed by atoms with Gasteiger partial charge in [0.15, 0.2) is 0 Å². The van der Waals surface area contributed by atoms with E-state index in [0.717, 1.165) is 0 Å². The summed E-state index contributed by atoms with van der Waals surface area (Å²) in [7, 11) is 0. The molecule has 208 valence electrons. The first-order valence-corrected chi connectivity index (χ1v) is 18.1. The zero-order valence-electron chi connectivity index (χ0n) is 24.0. The maximum absolute atomic E-state index is 2.44. The summed E-state index contributed by atoms with van der Waals surface area (Å²) >= 11 is 7.78. The Morgan fingerprint density at radius 2 is 0.659 bits per heavy atom. The average Bonchev–Trinajstić information content (AvgIpc) is 3.77. The van der Waals surface area contributed by atoms with Gasteiger partial charge in [0, 0.05) is 40.3 Å². The number of fused-ring (bicyclic) bond motifs is 11. The van der Waals surface area contributed by atoms with Gasteiger partial charge < -0.3 is 0 Å². The van der Waals surface area contributed by atoms with E-state index in [1.165, 1.54) is 103 Å². The highest BCUT2D eigenvalue weighted by molar-refractivity contribution is 7.37. The largest absolute Gasteiger partial charge is 0.134 e. The maximum Gasteiger partial charge on any atom is 0.0542 e. The molecule has 4 heterocycles. The van der Waals surface area contributed by atoms with Gasteiger partial charge in [-0.15, -0.1) is 45.3 Å². The van der Waals surface area contributed by atoms with Crippen molar-refractivity contribution in [2.75, 3.05) is 0 Å². The normalized spacial score (nSPS) is 12.3. The topological polar surface area (TPSA) is 0 Å². The standard InChI is InChI=1S/C40H24S4/c1-21-3-7-23(8-4-21)25-11-13-29-33(17-25)41-39-31-15-27-20-36-32(16-28(27)19-35(31)43-37(29)39)40-38(44-36)30-14-12-26(18-34(30)42-40)24-9-5-22(2)6-10-24/h3-20H,1-2H3. The number of hydrogen-bond acceptors (Lipinski definition) is 4. The van der Waals surface area contributed by atoms with Crippen molar-refractivity contribution in [2.24, 2.45) is 0 Å². The van der Waals surface area contributed by atoms with Gasteiger partial charge in [0.2, 0.25) is 0 Å². The average molecular weight is 633 g/mol. The zero-order chi connectivity index (χ0) is 29.1. The molecule has 0 nitrogen and oxygen atoms in total. The molecule has 0 atom stereocenters. The molecule has 0 aliphatic carbocycles. The fourth-order valence-electron chi connectivity index (χ4n) is 6.61. The van der Waals surface area contributed by atoms with E-state index in [-0.39, 0.29) is 0 Å². The molecule has 10 aromatic rings. The lowest BCUT2D eigenvalue weighted by molar-refractivity contribution is 1.47. The highest BCUT2D eigenvalue weighted by Gasteiger charge is 2.17. The minimum atomic E-state index is 1.28. The van der Waals surface area contributed by atoms with Gasteiger partial charge in [0.1, 0.15) is 0 Å². The van der Waals surface area contributed by atoms with Crippen LogP contribution < -0.4 is 0 Å². The highest BCUT2D eigenvalue weighted by atomic mass is 32.1. The third-order valence-corrected chi connectivity index (χ3v) is 14.0. The lowest BCUT2D eigenvalue weighted by Gasteiger charge is -2.03. The minimum Gasteiger partial charge on any atom is -0.134 e. The number of thiophene rings is 4. The first-order chi connectivity index (χ1) is 21.6. The van der Waals surface area contributed by atoms with Gasteiger partial charge in [0.05, 0.1) is 18.8 Å². The predicted octanol–water partition coefficient (Wildman–Crippen LogP) is 14.0. The fraction of sp³-hybridized carbons (Fsp3) is 0.0500. The Hall–Kier alpha value is -4.06. The molecule has 0 aliphatic heterocycles. The summed E-state index contributed by atoms with van der Waals surface area (Å²) in [5.74, 6) is 0. The lowest BCUT2D eigenvalue weighted by atomic mass is 10.0. The highest BCUT2D eigenvalue weighted by Crippen LogP contribution is 2.49. The number of aryl methyl sites for hydroxylation is 2. The summed E-state index contributed by atoms with van der Waals surface area (Å²) in [5.41, 5.74) is 7.74. The van der Waals surface area contributed by atoms with Crippen molar-refractivity contribution in [3.8, 4) is 22.3 Å². The Kier molecular flexibility index (Phi) is 5.30. The molecule has 0 fully saturated rings. The predicted molar refractivity (Wildman–Crippen MR) is 201 cm³/mol. The van der Waals surface area contributed by atoms with Crippen LogP contribution in [0.2, 0.25) is 0 Å². The van der Waals surface area contributed by atoms with E-state index >= 15 is 0 Å². The summed E-state index contributed by atoms with van der Waals surface area (Å²) in [5, 5.41) is 8.21. The minimum absolute atomic E-state index is 1.28. The van der Waals surface area contributed by atoms with E-state index in [9.17, 15) is 0 Å². The van der Waals surface area contributed by atoms with Gasteiger partial charge in [-0.25, -0.2) is 0 Å². The molecule has 0 aliphatic rings. The van der Waals surface area contributed by atoms with E-state index in [1.807, 2.05) is 45.3 Å². The van der Waals surface area contributed by atoms with Gasteiger partial charge in [-0.1, -0.05) is 83.9 Å². The third kappa shape index (κ3) is 3.72. The second kappa shape index (κ2) is 9.23. The molecule has 0 N–H and O–H groups in total. The van der Waals surface area contributed by atoms with Gasteiger partial charge in [-0.2, -0.15) is 0 Å². The molecule has 0 spiro atoms. The van der Waals surface area contributed by atoms with Crippen LogP contribution in [0.15, 0.2) is 109 Å².